The maximum atomic E-state index is 10.4. The molecule has 0 saturated carbocycles. The van der Waals surface area contributed by atoms with Crippen molar-refractivity contribution in [3.8, 4) is 0 Å². The van der Waals surface area contributed by atoms with Gasteiger partial charge in [0.05, 0.1) is 6.61 Å². The molecule has 0 heterocycles. The molecule has 3 nitrogen and oxygen atoms in total. The van der Waals surface area contributed by atoms with Crippen LogP contribution in [-0.4, -0.2) is 17.7 Å². The molecule has 0 bridgehead atoms. The quantitative estimate of drug-likeness (QED) is 0.721. The summed E-state index contributed by atoms with van der Waals surface area (Å²) in [4.78, 5) is 10.4. The second kappa shape index (κ2) is 7.01. The van der Waals surface area contributed by atoms with Crippen LogP contribution in [0.2, 0.25) is 0 Å². The smallest absolute Gasteiger partial charge is 0.303 e. The van der Waals surface area contributed by atoms with Crippen molar-refractivity contribution in [2.24, 2.45) is 5.92 Å². The zero-order valence-corrected chi connectivity index (χ0v) is 9.56. The van der Waals surface area contributed by atoms with Crippen LogP contribution in [-0.2, 0) is 16.1 Å². The fourth-order valence-corrected chi connectivity index (χ4v) is 1.45. The van der Waals surface area contributed by atoms with Gasteiger partial charge in [0.1, 0.15) is 0 Å². The topological polar surface area (TPSA) is 46.5 Å². The van der Waals surface area contributed by atoms with Crippen LogP contribution < -0.4 is 0 Å². The molecule has 88 valence electrons. The minimum absolute atomic E-state index is 0.174. The van der Waals surface area contributed by atoms with Crippen LogP contribution in [0, 0.1) is 5.92 Å². The Balaban J connectivity index is 2.10. The monoisotopic (exact) mass is 222 g/mol. The number of ether oxygens (including phenoxy) is 1. The molecule has 0 saturated heterocycles. The summed E-state index contributed by atoms with van der Waals surface area (Å²) in [6.45, 7) is 3.14. The number of rotatable bonds is 7. The first-order valence-electron chi connectivity index (χ1n) is 5.52. The molecule has 1 rings (SSSR count). The summed E-state index contributed by atoms with van der Waals surface area (Å²) in [5.74, 6) is -0.566. The van der Waals surface area contributed by atoms with E-state index in [4.69, 9.17) is 9.84 Å². The lowest BCUT2D eigenvalue weighted by Crippen LogP contribution is -2.07. The second-order valence-electron chi connectivity index (χ2n) is 4.03. The van der Waals surface area contributed by atoms with Crippen molar-refractivity contribution in [1.29, 1.82) is 0 Å². The average molecular weight is 222 g/mol. The first-order valence-corrected chi connectivity index (χ1v) is 5.52. The first-order chi connectivity index (χ1) is 7.68. The molecule has 1 N–H and O–H groups in total. The number of hydrogen-bond donors (Lipinski definition) is 1. The molecular formula is C13H18O3. The van der Waals surface area contributed by atoms with Crippen LogP contribution in [0.15, 0.2) is 30.3 Å². The van der Waals surface area contributed by atoms with E-state index in [-0.39, 0.29) is 12.3 Å². The summed E-state index contributed by atoms with van der Waals surface area (Å²) in [5, 5.41) is 8.58. The molecule has 0 aliphatic rings. The van der Waals surface area contributed by atoms with Crippen molar-refractivity contribution in [3.63, 3.8) is 0 Å². The number of benzene rings is 1. The molecule has 0 spiro atoms. The van der Waals surface area contributed by atoms with Gasteiger partial charge in [0.15, 0.2) is 0 Å². The van der Waals surface area contributed by atoms with Crippen molar-refractivity contribution in [3.05, 3.63) is 35.9 Å². The van der Waals surface area contributed by atoms with Gasteiger partial charge in [0.2, 0.25) is 0 Å². The minimum atomic E-state index is -0.740. The van der Waals surface area contributed by atoms with E-state index in [9.17, 15) is 4.79 Å². The first kappa shape index (κ1) is 12.7. The number of carboxylic acid groups (broad SMARTS) is 1. The Labute approximate surface area is 96.1 Å². The van der Waals surface area contributed by atoms with Crippen molar-refractivity contribution in [2.75, 3.05) is 6.61 Å². The van der Waals surface area contributed by atoms with E-state index in [0.717, 1.165) is 12.0 Å². The zero-order valence-electron chi connectivity index (χ0n) is 9.56. The Morgan fingerprint density at radius 1 is 1.38 bits per heavy atom. The van der Waals surface area contributed by atoms with Gasteiger partial charge >= 0.3 is 5.97 Å². The normalized spacial score (nSPS) is 12.3. The van der Waals surface area contributed by atoms with E-state index < -0.39 is 5.97 Å². The van der Waals surface area contributed by atoms with Gasteiger partial charge in [0, 0.05) is 13.0 Å². The van der Waals surface area contributed by atoms with Gasteiger partial charge in [-0.25, -0.2) is 0 Å². The second-order valence-corrected chi connectivity index (χ2v) is 4.03. The largest absolute Gasteiger partial charge is 0.481 e. The molecule has 1 atom stereocenters. The van der Waals surface area contributed by atoms with Gasteiger partial charge in [0.25, 0.3) is 0 Å². The fraction of sp³-hybridized carbons (Fsp3) is 0.462. The van der Waals surface area contributed by atoms with Gasteiger partial charge in [-0.15, -0.1) is 0 Å². The molecule has 16 heavy (non-hydrogen) atoms. The summed E-state index contributed by atoms with van der Waals surface area (Å²) in [5.41, 5.74) is 1.15. The predicted molar refractivity (Wildman–Crippen MR) is 62.1 cm³/mol. The number of carbonyl (C=O) groups is 1. The van der Waals surface area contributed by atoms with E-state index in [2.05, 4.69) is 0 Å². The summed E-state index contributed by atoms with van der Waals surface area (Å²) >= 11 is 0. The molecule has 0 aliphatic carbocycles. The standard InChI is InChI=1S/C13H18O3/c1-11(9-13(14)15)7-8-16-10-12-5-3-2-4-6-12/h2-6,11H,7-10H2,1H3,(H,14,15)/t11-/m1/s1. The Morgan fingerprint density at radius 3 is 2.69 bits per heavy atom. The predicted octanol–water partition coefficient (Wildman–Crippen LogP) is 2.70. The van der Waals surface area contributed by atoms with Gasteiger partial charge in [-0.3, -0.25) is 4.79 Å². The maximum Gasteiger partial charge on any atom is 0.303 e. The third-order valence-corrected chi connectivity index (χ3v) is 2.39. The van der Waals surface area contributed by atoms with Gasteiger partial charge < -0.3 is 9.84 Å². The summed E-state index contributed by atoms with van der Waals surface area (Å²) in [6, 6.07) is 9.96. The lowest BCUT2D eigenvalue weighted by molar-refractivity contribution is -0.138. The highest BCUT2D eigenvalue weighted by Crippen LogP contribution is 2.08. The lowest BCUT2D eigenvalue weighted by atomic mass is 10.1. The lowest BCUT2D eigenvalue weighted by Gasteiger charge is -2.09. The van der Waals surface area contributed by atoms with Crippen LogP contribution in [0.1, 0.15) is 25.3 Å². The number of carboxylic acids is 1. The molecule has 0 aliphatic heterocycles. The Hall–Kier alpha value is -1.35. The number of hydrogen-bond acceptors (Lipinski definition) is 2. The highest BCUT2D eigenvalue weighted by molar-refractivity contribution is 5.66. The van der Waals surface area contributed by atoms with E-state index in [1.54, 1.807) is 0 Å². The Bertz CT molecular complexity index is 308. The fourth-order valence-electron chi connectivity index (χ4n) is 1.45. The maximum absolute atomic E-state index is 10.4. The van der Waals surface area contributed by atoms with Crippen molar-refractivity contribution < 1.29 is 14.6 Å². The molecular weight excluding hydrogens is 204 g/mol. The van der Waals surface area contributed by atoms with E-state index in [1.807, 2.05) is 37.3 Å². The van der Waals surface area contributed by atoms with Gasteiger partial charge in [-0.1, -0.05) is 37.3 Å². The highest BCUT2D eigenvalue weighted by atomic mass is 16.5. The summed E-state index contributed by atoms with van der Waals surface area (Å²) in [6.07, 6.45) is 1.01. The summed E-state index contributed by atoms with van der Waals surface area (Å²) in [7, 11) is 0. The Kier molecular flexibility index (Phi) is 5.57. The van der Waals surface area contributed by atoms with E-state index in [1.165, 1.54) is 0 Å². The highest BCUT2D eigenvalue weighted by Gasteiger charge is 2.06. The SMILES string of the molecule is C[C@H](CCOCc1ccccc1)CC(=O)O. The average Bonchev–Trinajstić information content (AvgIpc) is 2.25. The van der Waals surface area contributed by atoms with E-state index in [0.29, 0.717) is 13.2 Å². The van der Waals surface area contributed by atoms with Crippen molar-refractivity contribution >= 4 is 5.97 Å². The molecule has 3 heteroatoms. The van der Waals surface area contributed by atoms with Crippen molar-refractivity contribution in [1.82, 2.24) is 0 Å². The van der Waals surface area contributed by atoms with Crippen LogP contribution in [0.3, 0.4) is 0 Å². The molecule has 1 aromatic carbocycles. The van der Waals surface area contributed by atoms with E-state index >= 15 is 0 Å². The zero-order chi connectivity index (χ0) is 11.8. The van der Waals surface area contributed by atoms with Crippen LogP contribution in [0.4, 0.5) is 0 Å². The molecule has 0 amide bonds. The van der Waals surface area contributed by atoms with Crippen LogP contribution in [0.25, 0.3) is 0 Å². The number of aliphatic carboxylic acids is 1. The van der Waals surface area contributed by atoms with Gasteiger partial charge in [-0.05, 0) is 17.9 Å². The minimum Gasteiger partial charge on any atom is -0.481 e. The van der Waals surface area contributed by atoms with Crippen molar-refractivity contribution in [2.45, 2.75) is 26.4 Å². The third-order valence-electron chi connectivity index (χ3n) is 2.39. The molecule has 0 aromatic heterocycles. The Morgan fingerprint density at radius 2 is 2.06 bits per heavy atom. The van der Waals surface area contributed by atoms with Gasteiger partial charge in [-0.2, -0.15) is 0 Å². The molecule has 0 unspecified atom stereocenters. The molecule has 1 aromatic rings. The molecule has 0 fully saturated rings. The van der Waals surface area contributed by atoms with Crippen LogP contribution in [0.5, 0.6) is 0 Å². The molecule has 0 radical (unpaired) electrons. The van der Waals surface area contributed by atoms with Crippen LogP contribution >= 0.6 is 0 Å². The third kappa shape index (κ3) is 5.51. The summed E-state index contributed by atoms with van der Waals surface area (Å²) < 4.78 is 5.48.